The number of hydrogen-bond acceptors (Lipinski definition) is 4. The smallest absolute Gasteiger partial charge is 0.307 e. The molecule has 0 aliphatic heterocycles. The van der Waals surface area contributed by atoms with Gasteiger partial charge in [-0.3, -0.25) is 4.79 Å². The van der Waals surface area contributed by atoms with Crippen LogP contribution in [0.25, 0.3) is 0 Å². The second-order valence-electron chi connectivity index (χ2n) is 9.78. The van der Waals surface area contributed by atoms with Gasteiger partial charge in [0.15, 0.2) is 5.60 Å². The van der Waals surface area contributed by atoms with Crippen LogP contribution in [0, 0.1) is 0 Å². The van der Waals surface area contributed by atoms with Crippen molar-refractivity contribution in [3.05, 3.63) is 59.7 Å². The number of benzene rings is 2. The summed E-state index contributed by atoms with van der Waals surface area (Å²) in [6, 6.07) is 14.0. The molecule has 0 saturated heterocycles. The van der Waals surface area contributed by atoms with Gasteiger partial charge in [-0.2, -0.15) is 0 Å². The molecule has 35 heavy (non-hydrogen) atoms. The number of ether oxygens (including phenoxy) is 1. The summed E-state index contributed by atoms with van der Waals surface area (Å²) in [6.45, 7) is 4.43. The lowest BCUT2D eigenvalue weighted by Gasteiger charge is -2.35. The molecule has 0 unspecified atom stereocenters. The summed E-state index contributed by atoms with van der Waals surface area (Å²) in [4.78, 5) is 13.1. The Balaban J connectivity index is 2.18. The van der Waals surface area contributed by atoms with E-state index in [1.807, 2.05) is 24.3 Å². The topological polar surface area (TPSA) is 66.8 Å². The van der Waals surface area contributed by atoms with E-state index in [2.05, 4.69) is 13.8 Å². The summed E-state index contributed by atoms with van der Waals surface area (Å²) in [7, 11) is 0. The van der Waals surface area contributed by atoms with Crippen molar-refractivity contribution < 1.29 is 19.7 Å². The van der Waals surface area contributed by atoms with Gasteiger partial charge >= 0.3 is 5.97 Å². The maximum atomic E-state index is 13.1. The summed E-state index contributed by atoms with van der Waals surface area (Å²) in [5.74, 6) is 0.176. The highest BCUT2D eigenvalue weighted by Gasteiger charge is 2.38. The predicted molar refractivity (Wildman–Crippen MR) is 144 cm³/mol. The van der Waals surface area contributed by atoms with Crippen LogP contribution in [-0.2, 0) is 15.1 Å². The molecule has 0 radical (unpaired) electrons. The maximum Gasteiger partial charge on any atom is 0.307 e. The first kappa shape index (κ1) is 28.7. The van der Waals surface area contributed by atoms with Crippen LogP contribution in [-0.4, -0.2) is 16.2 Å². The predicted octanol–water partition coefficient (Wildman–Crippen LogP) is 8.78. The number of esters is 1. The monoisotopic (exact) mass is 482 g/mol. The lowest BCUT2D eigenvalue weighted by Crippen LogP contribution is -2.34. The molecule has 0 amide bonds. The van der Waals surface area contributed by atoms with Gasteiger partial charge in [-0.1, -0.05) is 109 Å². The van der Waals surface area contributed by atoms with Crippen molar-refractivity contribution >= 4 is 5.97 Å². The van der Waals surface area contributed by atoms with Gasteiger partial charge in [0.05, 0.1) is 0 Å². The van der Waals surface area contributed by atoms with E-state index in [0.717, 1.165) is 43.2 Å². The Kier molecular flexibility index (Phi) is 13.3. The van der Waals surface area contributed by atoms with E-state index in [1.54, 1.807) is 24.3 Å². The minimum atomic E-state index is -0.940. The largest absolute Gasteiger partial charge is 0.508 e. The van der Waals surface area contributed by atoms with E-state index < -0.39 is 5.60 Å². The van der Waals surface area contributed by atoms with Gasteiger partial charge in [-0.05, 0) is 43.5 Å². The van der Waals surface area contributed by atoms with Gasteiger partial charge in [0.2, 0.25) is 0 Å². The molecule has 0 aromatic heterocycles. The minimum Gasteiger partial charge on any atom is -0.508 e. The number of phenolic OH excluding ortho intramolecular Hbond substituents is 2. The van der Waals surface area contributed by atoms with Crippen molar-refractivity contribution in [2.45, 2.75) is 116 Å². The highest BCUT2D eigenvalue weighted by molar-refractivity contribution is 5.70. The van der Waals surface area contributed by atoms with E-state index in [4.69, 9.17) is 4.74 Å². The molecule has 2 aromatic carbocycles. The average molecular weight is 483 g/mol. The van der Waals surface area contributed by atoms with E-state index >= 15 is 0 Å². The Hall–Kier alpha value is -2.49. The van der Waals surface area contributed by atoms with Gasteiger partial charge in [-0.25, -0.2) is 0 Å². The lowest BCUT2D eigenvalue weighted by atomic mass is 9.81. The Morgan fingerprint density at radius 3 is 1.49 bits per heavy atom. The molecule has 0 atom stereocenters. The molecule has 2 aromatic rings. The van der Waals surface area contributed by atoms with Crippen molar-refractivity contribution in [3.63, 3.8) is 0 Å². The number of rotatable bonds is 18. The fraction of sp³-hybridized carbons (Fsp3) is 0.581. The van der Waals surface area contributed by atoms with Crippen LogP contribution in [0.5, 0.6) is 11.5 Å². The Morgan fingerprint density at radius 2 is 1.03 bits per heavy atom. The van der Waals surface area contributed by atoms with Crippen molar-refractivity contribution in [2.24, 2.45) is 0 Å². The van der Waals surface area contributed by atoms with Crippen LogP contribution in [0.1, 0.15) is 121 Å². The SMILES string of the molecule is CCCCCCCCCC(=O)OC(CCCCCCCC)(c1ccc(O)cc1)c1ccc(O)cc1. The van der Waals surface area contributed by atoms with E-state index in [-0.39, 0.29) is 17.5 Å². The van der Waals surface area contributed by atoms with E-state index in [9.17, 15) is 15.0 Å². The lowest BCUT2D eigenvalue weighted by molar-refractivity contribution is -0.158. The third kappa shape index (κ3) is 9.95. The number of unbranched alkanes of at least 4 members (excludes halogenated alkanes) is 11. The van der Waals surface area contributed by atoms with Gasteiger partial charge < -0.3 is 14.9 Å². The Labute approximate surface area is 212 Å². The molecule has 0 spiro atoms. The van der Waals surface area contributed by atoms with Gasteiger partial charge in [-0.15, -0.1) is 0 Å². The van der Waals surface area contributed by atoms with Crippen molar-refractivity contribution in [3.8, 4) is 11.5 Å². The van der Waals surface area contributed by atoms with Crippen LogP contribution in [0.15, 0.2) is 48.5 Å². The minimum absolute atomic E-state index is 0.183. The molecule has 0 fully saturated rings. The summed E-state index contributed by atoms with van der Waals surface area (Å²) in [5, 5.41) is 19.8. The normalized spacial score (nSPS) is 11.5. The highest BCUT2D eigenvalue weighted by atomic mass is 16.6. The summed E-state index contributed by atoms with van der Waals surface area (Å²) in [5.41, 5.74) is 0.759. The Morgan fingerprint density at radius 1 is 0.629 bits per heavy atom. The third-order valence-electron chi connectivity index (χ3n) is 6.82. The third-order valence-corrected chi connectivity index (χ3v) is 6.82. The first-order valence-electron chi connectivity index (χ1n) is 13.8. The number of carbonyl (C=O) groups excluding carboxylic acids is 1. The van der Waals surface area contributed by atoms with E-state index in [1.165, 1.54) is 51.4 Å². The Bertz CT molecular complexity index is 781. The van der Waals surface area contributed by atoms with Crippen LogP contribution in [0.4, 0.5) is 0 Å². The zero-order chi connectivity index (χ0) is 25.4. The van der Waals surface area contributed by atoms with Gasteiger partial charge in [0, 0.05) is 17.5 Å². The fourth-order valence-corrected chi connectivity index (χ4v) is 4.71. The van der Waals surface area contributed by atoms with Crippen LogP contribution in [0.2, 0.25) is 0 Å². The van der Waals surface area contributed by atoms with Crippen LogP contribution < -0.4 is 0 Å². The zero-order valence-electron chi connectivity index (χ0n) is 21.9. The van der Waals surface area contributed by atoms with Crippen molar-refractivity contribution in [1.29, 1.82) is 0 Å². The molecular formula is C31H46O4. The van der Waals surface area contributed by atoms with Crippen LogP contribution >= 0.6 is 0 Å². The zero-order valence-corrected chi connectivity index (χ0v) is 21.9. The molecule has 0 aliphatic carbocycles. The van der Waals surface area contributed by atoms with Gasteiger partial charge in [0.25, 0.3) is 0 Å². The molecule has 0 saturated carbocycles. The fourth-order valence-electron chi connectivity index (χ4n) is 4.71. The first-order valence-corrected chi connectivity index (χ1v) is 13.8. The van der Waals surface area contributed by atoms with Gasteiger partial charge in [0.1, 0.15) is 11.5 Å². The second-order valence-corrected chi connectivity index (χ2v) is 9.78. The summed E-state index contributed by atoms with van der Waals surface area (Å²) >= 11 is 0. The molecule has 4 nitrogen and oxygen atoms in total. The number of hydrogen-bond donors (Lipinski definition) is 2. The first-order chi connectivity index (χ1) is 17.0. The highest BCUT2D eigenvalue weighted by Crippen LogP contribution is 2.40. The average Bonchev–Trinajstić information content (AvgIpc) is 2.86. The quantitative estimate of drug-likeness (QED) is 0.165. The summed E-state index contributed by atoms with van der Waals surface area (Å²) in [6.07, 6.45) is 16.0. The van der Waals surface area contributed by atoms with E-state index in [0.29, 0.717) is 12.8 Å². The molecular weight excluding hydrogens is 436 g/mol. The van der Waals surface area contributed by atoms with Crippen molar-refractivity contribution in [2.75, 3.05) is 0 Å². The molecule has 2 N–H and O–H groups in total. The molecule has 0 bridgehead atoms. The van der Waals surface area contributed by atoms with Crippen LogP contribution in [0.3, 0.4) is 0 Å². The second kappa shape index (κ2) is 16.2. The maximum absolute atomic E-state index is 13.1. The standard InChI is InChI=1S/C31H46O4/c1-3-5-7-9-11-12-14-16-30(34)35-31(25-15-13-10-8-6-4-2,26-17-21-28(32)22-18-26)27-19-23-29(33)24-20-27/h17-24,32-33H,3-16,25H2,1-2H3. The molecule has 0 aliphatic rings. The molecule has 4 heteroatoms. The number of aromatic hydroxyl groups is 2. The number of carbonyl (C=O) groups is 1. The molecule has 2 rings (SSSR count). The number of phenols is 2. The molecule has 194 valence electrons. The van der Waals surface area contributed by atoms with Crippen molar-refractivity contribution in [1.82, 2.24) is 0 Å². The summed E-state index contributed by atoms with van der Waals surface area (Å²) < 4.78 is 6.36. The molecule has 0 heterocycles.